The molecule has 0 saturated heterocycles. The number of allylic oxidation sites excluding steroid dienone is 1. The van der Waals surface area contributed by atoms with Crippen LogP contribution in [0.5, 0.6) is 0 Å². The maximum atomic E-state index is 4.83. The molecule has 0 amide bonds. The molecule has 0 aliphatic rings. The highest BCUT2D eigenvalue weighted by Gasteiger charge is 2.04. The molecule has 0 saturated carbocycles. The fourth-order valence-corrected chi connectivity index (χ4v) is 2.55. The highest BCUT2D eigenvalue weighted by molar-refractivity contribution is 6.12. The van der Waals surface area contributed by atoms with Crippen molar-refractivity contribution in [3.8, 4) is 0 Å². The summed E-state index contributed by atoms with van der Waals surface area (Å²) in [5.74, 6) is 0. The van der Waals surface area contributed by atoms with Gasteiger partial charge in [-0.1, -0.05) is 91.0 Å². The van der Waals surface area contributed by atoms with Crippen LogP contribution in [0.2, 0.25) is 0 Å². The van der Waals surface area contributed by atoms with Gasteiger partial charge in [-0.3, -0.25) is 9.98 Å². The minimum atomic E-state index is 0.626. The number of benzene rings is 3. The second kappa shape index (κ2) is 8.55. The van der Waals surface area contributed by atoms with Gasteiger partial charge in [0.05, 0.1) is 18.0 Å². The molecule has 122 valence electrons. The topological polar surface area (TPSA) is 24.7 Å². The van der Waals surface area contributed by atoms with Crippen LogP contribution in [0.15, 0.2) is 107 Å². The first-order valence-corrected chi connectivity index (χ1v) is 8.24. The van der Waals surface area contributed by atoms with Crippen LogP contribution in [0, 0.1) is 0 Å². The molecule has 0 spiro atoms. The molecule has 0 radical (unpaired) electrons. The molecule has 2 nitrogen and oxygen atoms in total. The zero-order valence-electron chi connectivity index (χ0n) is 14.0. The van der Waals surface area contributed by atoms with E-state index in [0.29, 0.717) is 6.54 Å². The smallest absolute Gasteiger partial charge is 0.0716 e. The van der Waals surface area contributed by atoms with E-state index in [4.69, 9.17) is 4.99 Å². The van der Waals surface area contributed by atoms with Gasteiger partial charge in [0, 0.05) is 5.56 Å². The first-order valence-electron chi connectivity index (χ1n) is 8.24. The van der Waals surface area contributed by atoms with Gasteiger partial charge < -0.3 is 0 Å². The van der Waals surface area contributed by atoms with E-state index >= 15 is 0 Å². The minimum absolute atomic E-state index is 0.626. The lowest BCUT2D eigenvalue weighted by Crippen LogP contribution is -1.99. The van der Waals surface area contributed by atoms with Crippen LogP contribution < -0.4 is 0 Å². The average Bonchev–Trinajstić information content (AvgIpc) is 2.70. The third-order valence-electron chi connectivity index (χ3n) is 3.86. The van der Waals surface area contributed by atoms with Crippen molar-refractivity contribution in [2.45, 2.75) is 6.54 Å². The van der Waals surface area contributed by atoms with E-state index in [1.807, 2.05) is 72.8 Å². The number of hydrogen-bond donors (Lipinski definition) is 0. The van der Waals surface area contributed by atoms with Crippen molar-refractivity contribution in [3.05, 3.63) is 114 Å². The lowest BCUT2D eigenvalue weighted by molar-refractivity contribution is 1.07. The molecule has 3 aromatic rings. The molecule has 0 N–H and O–H groups in total. The molecule has 0 aliphatic heterocycles. The SMILES string of the molecule is C=N/C(=C\C(=NCc1ccccc1)c1ccccc1)c1ccccc1. The van der Waals surface area contributed by atoms with Crippen LogP contribution in [0.4, 0.5) is 0 Å². The molecule has 0 fully saturated rings. The monoisotopic (exact) mass is 324 g/mol. The Bertz CT molecular complexity index is 864. The Balaban J connectivity index is 1.99. The van der Waals surface area contributed by atoms with Crippen LogP contribution in [-0.4, -0.2) is 12.4 Å². The lowest BCUT2D eigenvalue weighted by Gasteiger charge is -2.06. The van der Waals surface area contributed by atoms with Crippen molar-refractivity contribution < 1.29 is 0 Å². The minimum Gasteiger partial charge on any atom is -0.280 e. The van der Waals surface area contributed by atoms with Crippen LogP contribution in [0.1, 0.15) is 16.7 Å². The summed E-state index contributed by atoms with van der Waals surface area (Å²) in [6.45, 7) is 4.35. The Morgan fingerprint density at radius 1 is 0.720 bits per heavy atom. The number of rotatable bonds is 6. The molecule has 0 aliphatic carbocycles. The Kier molecular flexibility index (Phi) is 5.68. The van der Waals surface area contributed by atoms with E-state index in [1.54, 1.807) is 0 Å². The Hall–Kier alpha value is -3.26. The van der Waals surface area contributed by atoms with E-state index in [-0.39, 0.29) is 0 Å². The normalized spacial score (nSPS) is 12.0. The van der Waals surface area contributed by atoms with Gasteiger partial charge in [0.15, 0.2) is 0 Å². The van der Waals surface area contributed by atoms with Gasteiger partial charge in [0.25, 0.3) is 0 Å². The highest BCUT2D eigenvalue weighted by atomic mass is 14.8. The number of nitrogens with zero attached hydrogens (tertiary/aromatic N) is 2. The third-order valence-corrected chi connectivity index (χ3v) is 3.86. The van der Waals surface area contributed by atoms with E-state index in [2.05, 4.69) is 36.0 Å². The molecular formula is C23H20N2. The first kappa shape index (κ1) is 16.6. The van der Waals surface area contributed by atoms with Crippen molar-refractivity contribution in [1.29, 1.82) is 0 Å². The summed E-state index contributed by atoms with van der Waals surface area (Å²) in [4.78, 5) is 9.04. The summed E-state index contributed by atoms with van der Waals surface area (Å²) in [7, 11) is 0. The fraction of sp³-hybridized carbons (Fsp3) is 0.0435. The van der Waals surface area contributed by atoms with Crippen LogP contribution in [0.25, 0.3) is 5.70 Å². The summed E-state index contributed by atoms with van der Waals surface area (Å²) in [5, 5.41) is 0. The summed E-state index contributed by atoms with van der Waals surface area (Å²) in [5.41, 5.74) is 4.99. The maximum Gasteiger partial charge on any atom is 0.0716 e. The Morgan fingerprint density at radius 2 is 1.24 bits per heavy atom. The van der Waals surface area contributed by atoms with Crippen LogP contribution in [-0.2, 0) is 6.54 Å². The van der Waals surface area contributed by atoms with Gasteiger partial charge in [-0.25, -0.2) is 0 Å². The zero-order valence-corrected chi connectivity index (χ0v) is 14.0. The number of aliphatic imine (C=N–C) groups is 2. The molecule has 0 bridgehead atoms. The van der Waals surface area contributed by atoms with Crippen molar-refractivity contribution in [1.82, 2.24) is 0 Å². The molecule has 0 unspecified atom stereocenters. The molecule has 0 atom stereocenters. The van der Waals surface area contributed by atoms with E-state index in [0.717, 1.165) is 22.5 Å². The molecule has 25 heavy (non-hydrogen) atoms. The predicted molar refractivity (Wildman–Crippen MR) is 107 cm³/mol. The van der Waals surface area contributed by atoms with Crippen LogP contribution in [0.3, 0.4) is 0 Å². The average molecular weight is 324 g/mol. The standard InChI is InChI=1S/C23H20N2/c1-24-22(20-13-7-3-8-14-20)17-23(21-15-9-4-10-16-21)25-18-19-11-5-2-6-12-19/h2-17H,1,18H2/b22-17-,25-23?. The lowest BCUT2D eigenvalue weighted by atomic mass is 10.1. The van der Waals surface area contributed by atoms with Crippen molar-refractivity contribution in [2.75, 3.05) is 0 Å². The van der Waals surface area contributed by atoms with Gasteiger partial charge in [-0.15, -0.1) is 0 Å². The molecule has 0 heterocycles. The highest BCUT2D eigenvalue weighted by Crippen LogP contribution is 2.17. The summed E-state index contributed by atoms with van der Waals surface area (Å²) >= 11 is 0. The van der Waals surface area contributed by atoms with Crippen molar-refractivity contribution >= 4 is 18.1 Å². The number of hydrogen-bond acceptors (Lipinski definition) is 2. The molecule has 3 aromatic carbocycles. The van der Waals surface area contributed by atoms with E-state index in [9.17, 15) is 0 Å². The molecule has 3 rings (SSSR count). The predicted octanol–water partition coefficient (Wildman–Crippen LogP) is 5.42. The second-order valence-electron chi connectivity index (χ2n) is 5.61. The van der Waals surface area contributed by atoms with Gasteiger partial charge >= 0.3 is 0 Å². The molecule has 2 heteroatoms. The maximum absolute atomic E-state index is 4.83. The molecular weight excluding hydrogens is 304 g/mol. The van der Waals surface area contributed by atoms with Gasteiger partial charge in [0.2, 0.25) is 0 Å². The van der Waals surface area contributed by atoms with Gasteiger partial charge in [0.1, 0.15) is 0 Å². The Morgan fingerprint density at radius 3 is 1.80 bits per heavy atom. The van der Waals surface area contributed by atoms with Crippen molar-refractivity contribution in [2.24, 2.45) is 9.98 Å². The van der Waals surface area contributed by atoms with Gasteiger partial charge in [-0.2, -0.15) is 0 Å². The zero-order chi connectivity index (χ0) is 17.3. The van der Waals surface area contributed by atoms with Crippen molar-refractivity contribution in [3.63, 3.8) is 0 Å². The third kappa shape index (κ3) is 4.61. The Labute approximate surface area is 148 Å². The summed E-state index contributed by atoms with van der Waals surface area (Å²) in [6, 6.07) is 30.5. The van der Waals surface area contributed by atoms with Gasteiger partial charge in [-0.05, 0) is 23.9 Å². The summed E-state index contributed by atoms with van der Waals surface area (Å²) in [6.07, 6.45) is 2.00. The molecule has 0 aromatic heterocycles. The summed E-state index contributed by atoms with van der Waals surface area (Å²) < 4.78 is 0. The fourth-order valence-electron chi connectivity index (χ4n) is 2.55. The van der Waals surface area contributed by atoms with E-state index < -0.39 is 0 Å². The quantitative estimate of drug-likeness (QED) is 0.541. The second-order valence-corrected chi connectivity index (χ2v) is 5.61. The van der Waals surface area contributed by atoms with E-state index in [1.165, 1.54) is 5.56 Å². The van der Waals surface area contributed by atoms with Crippen LogP contribution >= 0.6 is 0 Å². The largest absolute Gasteiger partial charge is 0.280 e. The first-order chi connectivity index (χ1) is 12.4.